The van der Waals surface area contributed by atoms with Crippen molar-refractivity contribution in [2.45, 2.75) is 19.5 Å². The van der Waals surface area contributed by atoms with Crippen molar-refractivity contribution in [2.75, 3.05) is 20.8 Å². The summed E-state index contributed by atoms with van der Waals surface area (Å²) in [4.78, 5) is 29.8. The van der Waals surface area contributed by atoms with Gasteiger partial charge >= 0.3 is 0 Å². The van der Waals surface area contributed by atoms with Gasteiger partial charge in [0.15, 0.2) is 0 Å². The van der Waals surface area contributed by atoms with Crippen LogP contribution in [0.2, 0.25) is 5.02 Å². The number of amides is 2. The van der Waals surface area contributed by atoms with Gasteiger partial charge in [0.2, 0.25) is 11.8 Å². The highest BCUT2D eigenvalue weighted by atomic mass is 35.5. The first-order chi connectivity index (χ1) is 12.9. The highest BCUT2D eigenvalue weighted by molar-refractivity contribution is 6.35. The lowest BCUT2D eigenvalue weighted by Crippen LogP contribution is -2.31. The summed E-state index contributed by atoms with van der Waals surface area (Å²) < 4.78 is 10.4. The minimum absolute atomic E-state index is 0.0193. The fourth-order valence-electron chi connectivity index (χ4n) is 3.45. The van der Waals surface area contributed by atoms with Gasteiger partial charge in [-0.05, 0) is 30.2 Å². The van der Waals surface area contributed by atoms with Gasteiger partial charge in [0.05, 0.1) is 23.7 Å². The molecule has 7 nitrogen and oxygen atoms in total. The van der Waals surface area contributed by atoms with Gasteiger partial charge in [-0.1, -0.05) is 11.6 Å². The average Bonchev–Trinajstić information content (AvgIpc) is 2.97. The van der Waals surface area contributed by atoms with Gasteiger partial charge in [0, 0.05) is 36.9 Å². The number of hydrogen-bond acceptors (Lipinski definition) is 5. The van der Waals surface area contributed by atoms with Gasteiger partial charge in [0.1, 0.15) is 12.4 Å². The molecule has 2 N–H and O–H groups in total. The van der Waals surface area contributed by atoms with Crippen molar-refractivity contribution in [3.8, 4) is 5.75 Å². The van der Waals surface area contributed by atoms with E-state index in [0.717, 1.165) is 16.5 Å². The molecule has 1 aliphatic rings. The number of methoxy groups -OCH3 is 2. The zero-order valence-electron chi connectivity index (χ0n) is 15.3. The maximum atomic E-state index is 12.4. The molecule has 1 aliphatic heterocycles. The van der Waals surface area contributed by atoms with Crippen LogP contribution in [-0.2, 0) is 20.9 Å². The van der Waals surface area contributed by atoms with E-state index in [1.54, 1.807) is 11.1 Å². The quantitative estimate of drug-likeness (QED) is 0.792. The zero-order chi connectivity index (χ0) is 19.7. The first-order valence-electron chi connectivity index (χ1n) is 8.32. The molecule has 0 unspecified atom stereocenters. The molecule has 1 aromatic heterocycles. The lowest BCUT2D eigenvalue weighted by molar-refractivity contribution is -0.137. The summed E-state index contributed by atoms with van der Waals surface area (Å²) >= 11 is 6.43. The van der Waals surface area contributed by atoms with Gasteiger partial charge in [-0.25, -0.2) is 0 Å². The van der Waals surface area contributed by atoms with E-state index in [1.165, 1.54) is 26.4 Å². The summed E-state index contributed by atoms with van der Waals surface area (Å²) in [5, 5.41) is 1.16. The number of nitrogens with two attached hydrogens (primary N) is 1. The topological polar surface area (TPSA) is 94.8 Å². The molecule has 0 fully saturated rings. The van der Waals surface area contributed by atoms with E-state index in [2.05, 4.69) is 4.98 Å². The van der Waals surface area contributed by atoms with Gasteiger partial charge in [0.25, 0.3) is 0 Å². The Morgan fingerprint density at radius 1 is 1.44 bits per heavy atom. The number of halogens is 1. The second kappa shape index (κ2) is 7.54. The predicted molar refractivity (Wildman–Crippen MR) is 102 cm³/mol. The number of ether oxygens (including phenoxy) is 2. The highest BCUT2D eigenvalue weighted by Crippen LogP contribution is 2.42. The Morgan fingerprint density at radius 3 is 2.81 bits per heavy atom. The third-order valence-corrected chi connectivity index (χ3v) is 5.06. The van der Waals surface area contributed by atoms with E-state index in [1.807, 2.05) is 13.0 Å². The Hall–Kier alpha value is -2.64. The van der Waals surface area contributed by atoms with Crippen molar-refractivity contribution in [1.82, 2.24) is 9.88 Å². The van der Waals surface area contributed by atoms with E-state index in [-0.39, 0.29) is 18.6 Å². The van der Waals surface area contributed by atoms with E-state index >= 15 is 0 Å². The van der Waals surface area contributed by atoms with Crippen LogP contribution >= 0.6 is 11.6 Å². The number of hydrogen-bond donors (Lipinski definition) is 1. The van der Waals surface area contributed by atoms with Gasteiger partial charge in [-0.2, -0.15) is 0 Å². The molecule has 27 heavy (non-hydrogen) atoms. The first kappa shape index (κ1) is 19.1. The second-order valence-corrected chi connectivity index (χ2v) is 6.64. The second-order valence-electron chi connectivity index (χ2n) is 6.27. The maximum absolute atomic E-state index is 12.4. The number of carbonyl (C=O) groups excluding carboxylic acids is 2. The van der Waals surface area contributed by atoms with E-state index < -0.39 is 5.91 Å². The van der Waals surface area contributed by atoms with Crippen molar-refractivity contribution in [2.24, 2.45) is 5.73 Å². The van der Waals surface area contributed by atoms with E-state index in [0.29, 0.717) is 28.4 Å². The third-order valence-electron chi connectivity index (χ3n) is 4.67. The molecule has 0 bridgehead atoms. The maximum Gasteiger partial charge on any atom is 0.249 e. The van der Waals surface area contributed by atoms with Crippen LogP contribution in [0.1, 0.15) is 29.7 Å². The van der Waals surface area contributed by atoms with Crippen molar-refractivity contribution < 1.29 is 19.1 Å². The van der Waals surface area contributed by atoms with Crippen LogP contribution in [0.25, 0.3) is 17.0 Å². The molecule has 2 aromatic rings. The molecule has 0 spiro atoms. The Kier molecular flexibility index (Phi) is 5.34. The number of primary amides is 1. The van der Waals surface area contributed by atoms with Crippen LogP contribution in [0.3, 0.4) is 0 Å². The normalized spacial score (nSPS) is 16.1. The smallest absolute Gasteiger partial charge is 0.249 e. The number of carbonyl (C=O) groups is 2. The lowest BCUT2D eigenvalue weighted by atomic mass is 9.98. The molecule has 2 heterocycles. The number of benzene rings is 1. The van der Waals surface area contributed by atoms with Crippen LogP contribution in [0.5, 0.6) is 5.75 Å². The van der Waals surface area contributed by atoms with Crippen molar-refractivity contribution in [1.29, 1.82) is 0 Å². The van der Waals surface area contributed by atoms with Crippen LogP contribution < -0.4 is 10.5 Å². The molecule has 0 saturated carbocycles. The lowest BCUT2D eigenvalue weighted by Gasteiger charge is -2.22. The Balaban J connectivity index is 2.21. The zero-order valence-corrected chi connectivity index (χ0v) is 16.0. The average molecular weight is 390 g/mol. The molecule has 0 saturated heterocycles. The monoisotopic (exact) mass is 389 g/mol. The molecule has 0 radical (unpaired) electrons. The fraction of sp³-hybridized carbons (Fsp3) is 0.316. The van der Waals surface area contributed by atoms with Crippen molar-refractivity contribution >= 4 is 40.4 Å². The fourth-order valence-corrected chi connectivity index (χ4v) is 3.73. The van der Waals surface area contributed by atoms with Crippen molar-refractivity contribution in [3.05, 3.63) is 40.1 Å². The first-order valence-corrected chi connectivity index (χ1v) is 8.70. The Morgan fingerprint density at radius 2 is 2.19 bits per heavy atom. The Bertz CT molecular complexity index is 958. The van der Waals surface area contributed by atoms with Gasteiger partial charge in [-0.15, -0.1) is 0 Å². The van der Waals surface area contributed by atoms with Crippen LogP contribution in [0.4, 0.5) is 0 Å². The molecule has 1 atom stereocenters. The number of fused-ring (bicyclic) bond motifs is 3. The minimum atomic E-state index is -0.590. The molecule has 142 valence electrons. The summed E-state index contributed by atoms with van der Waals surface area (Å²) in [6, 6.07) is 1.65. The molecule has 2 amide bonds. The highest BCUT2D eigenvalue weighted by Gasteiger charge is 2.33. The molecule has 1 aromatic carbocycles. The summed E-state index contributed by atoms with van der Waals surface area (Å²) in [5.74, 6) is -0.227. The van der Waals surface area contributed by atoms with Gasteiger partial charge in [-0.3, -0.25) is 14.6 Å². The molecule has 8 heteroatoms. The van der Waals surface area contributed by atoms with Gasteiger partial charge < -0.3 is 20.1 Å². The summed E-state index contributed by atoms with van der Waals surface area (Å²) in [5.41, 5.74) is 8.31. The summed E-state index contributed by atoms with van der Waals surface area (Å²) in [6.07, 6.45) is 4.49. The third kappa shape index (κ3) is 3.36. The van der Waals surface area contributed by atoms with E-state index in [4.69, 9.17) is 26.8 Å². The largest absolute Gasteiger partial charge is 0.495 e. The number of pyridine rings is 1. The number of nitrogens with zero attached hydrogens (tertiary/aromatic N) is 2. The minimum Gasteiger partial charge on any atom is -0.495 e. The van der Waals surface area contributed by atoms with Crippen LogP contribution in [0, 0.1) is 0 Å². The summed E-state index contributed by atoms with van der Waals surface area (Å²) in [7, 11) is 3.01. The molecule has 0 aliphatic carbocycles. The predicted octanol–water partition coefficient (Wildman–Crippen LogP) is 2.44. The number of rotatable bonds is 5. The molecular weight excluding hydrogens is 370 g/mol. The molecular formula is C19H20ClN3O4. The van der Waals surface area contributed by atoms with E-state index in [9.17, 15) is 9.59 Å². The Labute approximate surface area is 161 Å². The van der Waals surface area contributed by atoms with Crippen molar-refractivity contribution in [3.63, 3.8) is 0 Å². The SMILES string of the molecule is COCC(=O)N1Cc2cnc3c(/C=C/C(N)=O)c(Cl)c(OC)cc3c2[C@@H]1C. The number of aromatic nitrogens is 1. The van der Waals surface area contributed by atoms with Crippen LogP contribution in [-0.4, -0.2) is 42.5 Å². The molecule has 3 rings (SSSR count). The standard InChI is InChI=1S/C19H20ClN3O4/c1-10-17-11(8-23(10)16(25)9-26-2)7-22-19-12(4-5-15(21)24)18(20)14(27-3)6-13(17)19/h4-7,10H,8-9H2,1-3H3,(H2,21,24)/b5-4+/t10-/m0/s1. The van der Waals surface area contributed by atoms with Crippen LogP contribution in [0.15, 0.2) is 18.3 Å². The summed E-state index contributed by atoms with van der Waals surface area (Å²) in [6.45, 7) is 2.43.